The Kier molecular flexibility index (Phi) is 3.38. The summed E-state index contributed by atoms with van der Waals surface area (Å²) in [5, 5.41) is 0. The molecule has 1 amide bonds. The molecule has 2 heterocycles. The Balaban J connectivity index is 1.75. The molecule has 3 rings (SSSR count). The smallest absolute Gasteiger partial charge is 0.410 e. The quantitative estimate of drug-likeness (QED) is 0.739. The Hall–Kier alpha value is -2.04. The lowest BCUT2D eigenvalue weighted by Crippen LogP contribution is -2.46. The Morgan fingerprint density at radius 1 is 1.32 bits per heavy atom. The summed E-state index contributed by atoms with van der Waals surface area (Å²) < 4.78 is 11.5. The van der Waals surface area contributed by atoms with Crippen LogP contribution in [-0.2, 0) is 4.74 Å². The molecule has 0 saturated carbocycles. The molecule has 0 radical (unpaired) electrons. The van der Waals surface area contributed by atoms with E-state index in [-0.39, 0.29) is 11.9 Å². The summed E-state index contributed by atoms with van der Waals surface area (Å²) in [5.74, 6) is 0.692. The molecule has 1 fully saturated rings. The summed E-state index contributed by atoms with van der Waals surface area (Å²) >= 11 is 0. The number of amides is 1. The van der Waals surface area contributed by atoms with E-state index in [0.717, 1.165) is 0 Å². The van der Waals surface area contributed by atoms with E-state index in [1.807, 2.05) is 39.0 Å². The highest BCUT2D eigenvalue weighted by molar-refractivity contribution is 6.00. The van der Waals surface area contributed by atoms with Gasteiger partial charge in [-0.25, -0.2) is 4.79 Å². The summed E-state index contributed by atoms with van der Waals surface area (Å²) in [5.41, 5.74) is -0.505. The lowest BCUT2D eigenvalue weighted by Gasteiger charge is -2.34. The third kappa shape index (κ3) is 2.80. The van der Waals surface area contributed by atoms with Gasteiger partial charge >= 0.3 is 6.09 Å². The number of benzene rings is 1. The van der Waals surface area contributed by atoms with Gasteiger partial charge in [0, 0.05) is 13.0 Å². The largest absolute Gasteiger partial charge is 0.484 e. The normalized spacial score (nSPS) is 24.1. The molecular weight excluding hydrogens is 282 g/mol. The molecule has 1 spiro atoms. The minimum absolute atomic E-state index is 0.0767. The van der Waals surface area contributed by atoms with Crippen molar-refractivity contribution < 1.29 is 19.1 Å². The third-order valence-electron chi connectivity index (χ3n) is 3.96. The molecule has 0 bridgehead atoms. The minimum atomic E-state index is -0.609. The number of likely N-dealkylation sites (tertiary alicyclic amines) is 1. The van der Waals surface area contributed by atoms with Gasteiger partial charge in [-0.2, -0.15) is 0 Å². The number of carbonyl (C=O) groups excluding carboxylic acids is 2. The van der Waals surface area contributed by atoms with E-state index in [9.17, 15) is 9.59 Å². The van der Waals surface area contributed by atoms with Crippen LogP contribution in [0.4, 0.5) is 4.79 Å². The van der Waals surface area contributed by atoms with E-state index in [0.29, 0.717) is 37.2 Å². The first kappa shape index (κ1) is 14.9. The van der Waals surface area contributed by atoms with Crippen molar-refractivity contribution in [3.8, 4) is 5.75 Å². The van der Waals surface area contributed by atoms with Gasteiger partial charge < -0.3 is 14.4 Å². The van der Waals surface area contributed by atoms with Crippen molar-refractivity contribution in [2.75, 3.05) is 13.1 Å². The lowest BCUT2D eigenvalue weighted by molar-refractivity contribution is 0.0171. The first-order valence-corrected chi connectivity index (χ1v) is 7.57. The molecule has 2 aliphatic rings. The second-order valence-electron chi connectivity index (χ2n) is 7.03. The Labute approximate surface area is 130 Å². The van der Waals surface area contributed by atoms with Gasteiger partial charge in [0.2, 0.25) is 0 Å². The van der Waals surface area contributed by atoms with Crippen LogP contribution in [0.25, 0.3) is 0 Å². The van der Waals surface area contributed by atoms with Crippen LogP contribution in [-0.4, -0.2) is 41.1 Å². The number of rotatable bonds is 0. The third-order valence-corrected chi connectivity index (χ3v) is 3.96. The van der Waals surface area contributed by atoms with Gasteiger partial charge in [-0.1, -0.05) is 12.1 Å². The maximum Gasteiger partial charge on any atom is 0.410 e. The molecule has 22 heavy (non-hydrogen) atoms. The zero-order chi connectivity index (χ0) is 16.0. The fraction of sp³-hybridized carbons (Fsp3) is 0.529. The van der Waals surface area contributed by atoms with E-state index >= 15 is 0 Å². The highest BCUT2D eigenvalue weighted by atomic mass is 16.6. The number of ether oxygens (including phenoxy) is 2. The van der Waals surface area contributed by atoms with Crippen LogP contribution >= 0.6 is 0 Å². The van der Waals surface area contributed by atoms with Crippen LogP contribution in [0.5, 0.6) is 5.75 Å². The zero-order valence-electron chi connectivity index (χ0n) is 13.2. The van der Waals surface area contributed by atoms with Crippen LogP contribution in [0.1, 0.15) is 44.0 Å². The molecule has 2 aliphatic heterocycles. The fourth-order valence-electron chi connectivity index (χ4n) is 3.00. The average molecular weight is 303 g/mol. The van der Waals surface area contributed by atoms with Crippen LogP contribution in [0, 0.1) is 0 Å². The Morgan fingerprint density at radius 2 is 2.05 bits per heavy atom. The van der Waals surface area contributed by atoms with E-state index < -0.39 is 11.2 Å². The van der Waals surface area contributed by atoms with Crippen molar-refractivity contribution >= 4 is 11.9 Å². The van der Waals surface area contributed by atoms with Gasteiger partial charge in [0.05, 0.1) is 18.5 Å². The highest BCUT2D eigenvalue weighted by Gasteiger charge is 2.47. The highest BCUT2D eigenvalue weighted by Crippen LogP contribution is 2.38. The van der Waals surface area contributed by atoms with Crippen molar-refractivity contribution in [1.29, 1.82) is 0 Å². The Bertz CT molecular complexity index is 619. The summed E-state index contributed by atoms with van der Waals surface area (Å²) in [6.45, 7) is 6.46. The Morgan fingerprint density at radius 3 is 2.77 bits per heavy atom. The number of ketones is 1. The molecule has 1 atom stereocenters. The van der Waals surface area contributed by atoms with Crippen molar-refractivity contribution in [3.05, 3.63) is 29.8 Å². The van der Waals surface area contributed by atoms with Crippen molar-refractivity contribution in [1.82, 2.24) is 4.90 Å². The summed E-state index contributed by atoms with van der Waals surface area (Å²) in [6, 6.07) is 7.28. The first-order chi connectivity index (χ1) is 10.3. The number of Topliss-reactive ketones (excluding diaryl/α,β-unsaturated/α-hetero) is 1. The van der Waals surface area contributed by atoms with Crippen molar-refractivity contribution in [2.24, 2.45) is 0 Å². The summed E-state index contributed by atoms with van der Waals surface area (Å²) in [6.07, 6.45) is 0.606. The number of nitrogens with zero attached hydrogens (tertiary/aromatic N) is 1. The van der Waals surface area contributed by atoms with Gasteiger partial charge in [0.25, 0.3) is 0 Å². The molecule has 1 aromatic carbocycles. The maximum absolute atomic E-state index is 12.3. The monoisotopic (exact) mass is 303 g/mol. The number of fused-ring (bicyclic) bond motifs is 1. The van der Waals surface area contributed by atoms with E-state index in [1.165, 1.54) is 0 Å². The molecule has 1 aromatic rings. The number of hydrogen-bond donors (Lipinski definition) is 0. The second kappa shape index (κ2) is 5.00. The predicted octanol–water partition coefficient (Wildman–Crippen LogP) is 3.03. The first-order valence-electron chi connectivity index (χ1n) is 7.57. The molecule has 5 heteroatoms. The van der Waals surface area contributed by atoms with Crippen LogP contribution < -0.4 is 4.74 Å². The number of hydrogen-bond acceptors (Lipinski definition) is 4. The number of para-hydroxylation sites is 1. The average Bonchev–Trinajstić information content (AvgIpc) is 2.80. The van der Waals surface area contributed by atoms with Gasteiger partial charge in [0.15, 0.2) is 5.78 Å². The van der Waals surface area contributed by atoms with Gasteiger partial charge in [-0.15, -0.1) is 0 Å². The van der Waals surface area contributed by atoms with Crippen LogP contribution in [0.2, 0.25) is 0 Å². The van der Waals surface area contributed by atoms with Crippen LogP contribution in [0.15, 0.2) is 24.3 Å². The molecule has 5 nitrogen and oxygen atoms in total. The molecule has 118 valence electrons. The second-order valence-corrected chi connectivity index (χ2v) is 7.03. The maximum atomic E-state index is 12.3. The van der Waals surface area contributed by atoms with Crippen molar-refractivity contribution in [3.63, 3.8) is 0 Å². The van der Waals surface area contributed by atoms with Crippen molar-refractivity contribution in [2.45, 2.75) is 44.8 Å². The molecule has 0 aliphatic carbocycles. The minimum Gasteiger partial charge on any atom is -0.484 e. The molecule has 1 saturated heterocycles. The molecule has 0 N–H and O–H groups in total. The van der Waals surface area contributed by atoms with Gasteiger partial charge in [-0.05, 0) is 32.9 Å². The topological polar surface area (TPSA) is 55.8 Å². The standard InChI is InChI=1S/C17H21NO4/c1-16(2,3)22-15(20)18-9-8-17(11-18)10-13(19)12-6-4-5-7-14(12)21-17/h4-7H,8-11H2,1-3H3/t17-/m0/s1. The van der Waals surface area contributed by atoms with E-state index in [1.54, 1.807) is 11.0 Å². The SMILES string of the molecule is CC(C)(C)OC(=O)N1CC[C@]2(CC(=O)c3ccccc3O2)C1. The van der Waals surface area contributed by atoms with Gasteiger partial charge in [-0.3, -0.25) is 4.79 Å². The fourth-order valence-corrected chi connectivity index (χ4v) is 3.00. The molecular formula is C17H21NO4. The molecule has 0 aromatic heterocycles. The van der Waals surface area contributed by atoms with Gasteiger partial charge in [0.1, 0.15) is 17.0 Å². The van der Waals surface area contributed by atoms with Crippen LogP contribution in [0.3, 0.4) is 0 Å². The predicted molar refractivity (Wildman–Crippen MR) is 81.2 cm³/mol. The summed E-state index contributed by atoms with van der Waals surface area (Å²) in [4.78, 5) is 26.1. The van der Waals surface area contributed by atoms with E-state index in [4.69, 9.17) is 9.47 Å². The number of carbonyl (C=O) groups is 2. The summed E-state index contributed by atoms with van der Waals surface area (Å²) in [7, 11) is 0. The zero-order valence-corrected chi connectivity index (χ0v) is 13.2. The lowest BCUT2D eigenvalue weighted by atomic mass is 9.89. The van der Waals surface area contributed by atoms with E-state index in [2.05, 4.69) is 0 Å². The molecule has 0 unspecified atom stereocenters.